The first kappa shape index (κ1) is 22.1. The fourth-order valence-corrected chi connectivity index (χ4v) is 4.72. The minimum Gasteiger partial charge on any atom is -0.383 e. The highest BCUT2D eigenvalue weighted by Gasteiger charge is 2.25. The number of rotatable bonds is 4. The molecule has 2 N–H and O–H groups in total. The molecule has 4 heterocycles. The molecule has 0 unspecified atom stereocenters. The van der Waals surface area contributed by atoms with Crippen LogP contribution in [-0.4, -0.2) is 61.8 Å². The maximum atomic E-state index is 13.7. The number of benzene rings is 2. The number of piperazine rings is 1. The lowest BCUT2D eigenvalue weighted by Crippen LogP contribution is -2.48. The summed E-state index contributed by atoms with van der Waals surface area (Å²) in [6.45, 7) is 3.32. The number of amides is 1. The summed E-state index contributed by atoms with van der Waals surface area (Å²) in [6.07, 6.45) is 3.50. The first-order valence-corrected chi connectivity index (χ1v) is 12.0. The topological polar surface area (TPSA) is 101 Å². The minimum atomic E-state index is 0.0181. The molecule has 1 saturated heterocycles. The maximum Gasteiger partial charge on any atom is 0.254 e. The van der Waals surface area contributed by atoms with Gasteiger partial charge >= 0.3 is 0 Å². The molecule has 2 aromatic carbocycles. The maximum absolute atomic E-state index is 13.7. The van der Waals surface area contributed by atoms with Crippen molar-refractivity contribution < 1.29 is 4.79 Å². The van der Waals surface area contributed by atoms with Gasteiger partial charge in [0.05, 0.1) is 28.8 Å². The number of hydrogen-bond acceptors (Lipinski definition) is 7. The van der Waals surface area contributed by atoms with E-state index in [4.69, 9.17) is 10.7 Å². The van der Waals surface area contributed by atoms with E-state index < -0.39 is 0 Å². The molecule has 0 aliphatic carbocycles. The van der Waals surface area contributed by atoms with Crippen molar-refractivity contribution in [3.63, 3.8) is 0 Å². The Morgan fingerprint density at radius 3 is 2.31 bits per heavy atom. The fraction of sp³-hybridized carbons (Fsp3) is 0.179. The van der Waals surface area contributed by atoms with Crippen molar-refractivity contribution in [2.45, 2.75) is 6.54 Å². The Labute approximate surface area is 208 Å². The smallest absolute Gasteiger partial charge is 0.254 e. The van der Waals surface area contributed by atoms with Gasteiger partial charge in [0, 0.05) is 54.9 Å². The van der Waals surface area contributed by atoms with Crippen molar-refractivity contribution in [1.82, 2.24) is 29.7 Å². The fourth-order valence-electron chi connectivity index (χ4n) is 4.72. The van der Waals surface area contributed by atoms with Crippen LogP contribution in [-0.2, 0) is 6.54 Å². The molecule has 1 aliphatic rings. The summed E-state index contributed by atoms with van der Waals surface area (Å²) in [5.41, 5.74) is 10.1. The zero-order chi connectivity index (χ0) is 24.5. The average molecular weight is 476 g/mol. The summed E-state index contributed by atoms with van der Waals surface area (Å²) < 4.78 is 0. The number of carbonyl (C=O) groups excluding carboxylic acids is 1. The van der Waals surface area contributed by atoms with Gasteiger partial charge in [-0.3, -0.25) is 14.7 Å². The summed E-state index contributed by atoms with van der Waals surface area (Å²) in [5.74, 6) is 1.22. The lowest BCUT2D eigenvalue weighted by Gasteiger charge is -2.34. The van der Waals surface area contributed by atoms with Gasteiger partial charge in [0.1, 0.15) is 11.6 Å². The summed E-state index contributed by atoms with van der Waals surface area (Å²) in [6, 6.07) is 21.3. The Bertz CT molecular complexity index is 1560. The van der Waals surface area contributed by atoms with E-state index in [0.29, 0.717) is 36.8 Å². The summed E-state index contributed by atoms with van der Waals surface area (Å²) >= 11 is 0. The third-order valence-electron chi connectivity index (χ3n) is 6.61. The Morgan fingerprint density at radius 2 is 1.56 bits per heavy atom. The van der Waals surface area contributed by atoms with Crippen molar-refractivity contribution in [2.24, 2.45) is 0 Å². The molecule has 0 bridgehead atoms. The van der Waals surface area contributed by atoms with Crippen molar-refractivity contribution in [2.75, 3.05) is 31.9 Å². The van der Waals surface area contributed by atoms with Crippen molar-refractivity contribution in [1.29, 1.82) is 0 Å². The molecular weight excluding hydrogens is 450 g/mol. The average Bonchev–Trinajstić information content (AvgIpc) is 2.93. The quantitative estimate of drug-likeness (QED) is 0.422. The van der Waals surface area contributed by atoms with Crippen LogP contribution < -0.4 is 5.73 Å². The molecule has 178 valence electrons. The largest absolute Gasteiger partial charge is 0.383 e. The van der Waals surface area contributed by atoms with Crippen molar-refractivity contribution in [3.8, 4) is 11.3 Å². The molecule has 36 heavy (non-hydrogen) atoms. The van der Waals surface area contributed by atoms with E-state index in [-0.39, 0.29) is 5.91 Å². The zero-order valence-electron chi connectivity index (χ0n) is 19.7. The highest BCUT2D eigenvalue weighted by atomic mass is 16.2. The zero-order valence-corrected chi connectivity index (χ0v) is 19.7. The lowest BCUT2D eigenvalue weighted by molar-refractivity contribution is 0.0627. The Morgan fingerprint density at radius 1 is 0.833 bits per heavy atom. The second kappa shape index (κ2) is 9.31. The summed E-state index contributed by atoms with van der Waals surface area (Å²) in [4.78, 5) is 36.0. The number of fused-ring (bicyclic) bond motifs is 2. The summed E-state index contributed by atoms with van der Waals surface area (Å²) in [5, 5.41) is 1.73. The second-order valence-corrected chi connectivity index (χ2v) is 8.92. The van der Waals surface area contributed by atoms with Gasteiger partial charge in [-0.15, -0.1) is 0 Å². The number of pyridine rings is 2. The van der Waals surface area contributed by atoms with Gasteiger partial charge in [0.2, 0.25) is 0 Å². The van der Waals surface area contributed by atoms with Gasteiger partial charge < -0.3 is 10.6 Å². The number of para-hydroxylation sites is 2. The van der Waals surface area contributed by atoms with E-state index in [1.807, 2.05) is 71.6 Å². The SMILES string of the molecule is Nc1nc(CN2CCN(C(=O)c3cc(-c4cccnc4)nc4ccccc34)CC2)nc2ccccc12. The van der Waals surface area contributed by atoms with E-state index >= 15 is 0 Å². The molecule has 1 aliphatic heterocycles. The Hall–Kier alpha value is -4.43. The number of hydrogen-bond donors (Lipinski definition) is 1. The second-order valence-electron chi connectivity index (χ2n) is 8.92. The minimum absolute atomic E-state index is 0.0181. The first-order chi connectivity index (χ1) is 17.7. The first-order valence-electron chi connectivity index (χ1n) is 12.0. The molecule has 1 fully saturated rings. The number of nitrogens with zero attached hydrogens (tertiary/aromatic N) is 6. The number of aromatic nitrogens is 4. The van der Waals surface area contributed by atoms with Crippen LogP contribution in [0.3, 0.4) is 0 Å². The van der Waals surface area contributed by atoms with E-state index in [2.05, 4.69) is 19.9 Å². The van der Waals surface area contributed by atoms with Crippen LogP contribution in [0, 0.1) is 0 Å². The predicted molar refractivity (Wildman–Crippen MR) is 140 cm³/mol. The van der Waals surface area contributed by atoms with Crippen LogP contribution in [0.15, 0.2) is 79.1 Å². The molecule has 0 spiro atoms. The van der Waals surface area contributed by atoms with Crippen LogP contribution in [0.4, 0.5) is 5.82 Å². The Kier molecular flexibility index (Phi) is 5.71. The van der Waals surface area contributed by atoms with Crippen molar-refractivity contribution >= 4 is 33.5 Å². The van der Waals surface area contributed by atoms with Crippen LogP contribution in [0.25, 0.3) is 33.1 Å². The van der Waals surface area contributed by atoms with E-state index in [1.165, 1.54) is 0 Å². The van der Waals surface area contributed by atoms with E-state index in [1.54, 1.807) is 12.4 Å². The van der Waals surface area contributed by atoms with Gasteiger partial charge in [-0.25, -0.2) is 15.0 Å². The number of nitrogens with two attached hydrogens (primary N) is 1. The molecular formula is C28H25N7O. The Balaban J connectivity index is 1.21. The van der Waals surface area contributed by atoms with Gasteiger partial charge in [-0.05, 0) is 36.4 Å². The number of nitrogen functional groups attached to an aromatic ring is 1. The molecule has 8 heteroatoms. The summed E-state index contributed by atoms with van der Waals surface area (Å²) in [7, 11) is 0. The van der Waals surface area contributed by atoms with Gasteiger partial charge in [-0.1, -0.05) is 30.3 Å². The van der Waals surface area contributed by atoms with E-state index in [0.717, 1.165) is 46.2 Å². The van der Waals surface area contributed by atoms with Crippen LogP contribution >= 0.6 is 0 Å². The van der Waals surface area contributed by atoms with Crippen LogP contribution in [0.2, 0.25) is 0 Å². The normalized spacial score (nSPS) is 14.4. The van der Waals surface area contributed by atoms with Crippen molar-refractivity contribution in [3.05, 3.63) is 90.5 Å². The standard InChI is InChI=1S/C28H25N7O/c29-27-21-8-2-4-10-24(21)32-26(33-27)18-34-12-14-35(15-13-34)28(36)22-16-25(19-6-5-11-30-17-19)31-23-9-3-1-7-20(22)23/h1-11,16-17H,12-15,18H2,(H2,29,32,33). The van der Waals surface area contributed by atoms with Gasteiger partial charge in [0.25, 0.3) is 5.91 Å². The molecule has 0 atom stereocenters. The third-order valence-corrected chi connectivity index (χ3v) is 6.61. The number of anilines is 1. The molecule has 8 nitrogen and oxygen atoms in total. The van der Waals surface area contributed by atoms with E-state index in [9.17, 15) is 4.79 Å². The van der Waals surface area contributed by atoms with Crippen LogP contribution in [0.1, 0.15) is 16.2 Å². The third kappa shape index (κ3) is 4.23. The molecule has 1 amide bonds. The molecule has 5 aromatic rings. The predicted octanol–water partition coefficient (Wildman–Crippen LogP) is 3.78. The van der Waals surface area contributed by atoms with Gasteiger partial charge in [-0.2, -0.15) is 0 Å². The highest BCUT2D eigenvalue weighted by Crippen LogP contribution is 2.26. The van der Waals surface area contributed by atoms with Gasteiger partial charge in [0.15, 0.2) is 0 Å². The molecule has 3 aromatic heterocycles. The highest BCUT2D eigenvalue weighted by molar-refractivity contribution is 6.07. The monoisotopic (exact) mass is 475 g/mol. The van der Waals surface area contributed by atoms with Crippen LogP contribution in [0.5, 0.6) is 0 Å². The molecule has 0 saturated carbocycles. The number of carbonyl (C=O) groups is 1. The lowest BCUT2D eigenvalue weighted by atomic mass is 10.0. The molecule has 0 radical (unpaired) electrons. The molecule has 6 rings (SSSR count).